The van der Waals surface area contributed by atoms with Crippen LogP contribution in [-0.2, 0) is 0 Å². The van der Waals surface area contributed by atoms with E-state index in [0.29, 0.717) is 24.3 Å². The van der Waals surface area contributed by atoms with Crippen LogP contribution in [0.3, 0.4) is 0 Å². The SMILES string of the molecule is CCN(CCCO)CC(=O)c1ccc(C)cc1OC. The van der Waals surface area contributed by atoms with E-state index < -0.39 is 0 Å². The van der Waals surface area contributed by atoms with Crippen LogP contribution in [0.15, 0.2) is 18.2 Å². The van der Waals surface area contributed by atoms with Gasteiger partial charge in [0.25, 0.3) is 0 Å². The van der Waals surface area contributed by atoms with Crippen LogP contribution in [0.25, 0.3) is 0 Å². The Morgan fingerprint density at radius 3 is 2.74 bits per heavy atom. The number of aryl methyl sites for hydroxylation is 1. The largest absolute Gasteiger partial charge is 0.496 e. The predicted octanol–water partition coefficient (Wildman–Crippen LogP) is 1.89. The summed E-state index contributed by atoms with van der Waals surface area (Å²) in [6, 6.07) is 5.60. The van der Waals surface area contributed by atoms with Crippen LogP contribution < -0.4 is 4.74 Å². The van der Waals surface area contributed by atoms with Crippen molar-refractivity contribution in [3.63, 3.8) is 0 Å². The molecule has 1 aromatic rings. The number of likely N-dealkylation sites (N-methyl/N-ethyl adjacent to an activating group) is 1. The first-order chi connectivity index (χ1) is 9.12. The van der Waals surface area contributed by atoms with Gasteiger partial charge in [-0.2, -0.15) is 0 Å². The van der Waals surface area contributed by atoms with Gasteiger partial charge in [-0.1, -0.05) is 13.0 Å². The zero-order valence-electron chi connectivity index (χ0n) is 12.0. The minimum absolute atomic E-state index is 0.0524. The third kappa shape index (κ3) is 4.65. The number of hydrogen-bond acceptors (Lipinski definition) is 4. The van der Waals surface area contributed by atoms with E-state index in [4.69, 9.17) is 9.84 Å². The van der Waals surface area contributed by atoms with Gasteiger partial charge in [0.2, 0.25) is 0 Å². The second-order valence-corrected chi connectivity index (χ2v) is 4.57. The van der Waals surface area contributed by atoms with Crippen molar-refractivity contribution in [2.24, 2.45) is 0 Å². The molecule has 0 aromatic heterocycles. The van der Waals surface area contributed by atoms with Crippen molar-refractivity contribution in [2.45, 2.75) is 20.3 Å². The molecule has 0 aliphatic carbocycles. The van der Waals surface area contributed by atoms with Crippen molar-refractivity contribution < 1.29 is 14.6 Å². The lowest BCUT2D eigenvalue weighted by atomic mass is 10.1. The molecule has 0 amide bonds. The van der Waals surface area contributed by atoms with E-state index in [0.717, 1.165) is 18.7 Å². The maximum absolute atomic E-state index is 12.3. The van der Waals surface area contributed by atoms with E-state index in [-0.39, 0.29) is 12.4 Å². The van der Waals surface area contributed by atoms with Crippen LogP contribution in [0.4, 0.5) is 0 Å². The van der Waals surface area contributed by atoms with E-state index in [1.54, 1.807) is 7.11 Å². The number of ketones is 1. The van der Waals surface area contributed by atoms with Gasteiger partial charge in [-0.15, -0.1) is 0 Å². The fourth-order valence-electron chi connectivity index (χ4n) is 1.96. The van der Waals surface area contributed by atoms with Gasteiger partial charge in [-0.3, -0.25) is 9.69 Å². The number of methoxy groups -OCH3 is 1. The van der Waals surface area contributed by atoms with Crippen molar-refractivity contribution in [1.82, 2.24) is 4.90 Å². The monoisotopic (exact) mass is 265 g/mol. The highest BCUT2D eigenvalue weighted by Gasteiger charge is 2.15. The first kappa shape index (κ1) is 15.7. The number of carbonyl (C=O) groups excluding carboxylic acids is 1. The summed E-state index contributed by atoms with van der Waals surface area (Å²) in [6.07, 6.45) is 0.687. The molecule has 0 fully saturated rings. The minimum atomic E-state index is 0.0524. The number of carbonyl (C=O) groups is 1. The highest BCUT2D eigenvalue weighted by molar-refractivity contribution is 6.00. The molecular formula is C15H23NO3. The average molecular weight is 265 g/mol. The van der Waals surface area contributed by atoms with E-state index in [9.17, 15) is 4.79 Å². The smallest absolute Gasteiger partial charge is 0.180 e. The molecule has 0 bridgehead atoms. The van der Waals surface area contributed by atoms with E-state index in [2.05, 4.69) is 0 Å². The molecule has 4 nitrogen and oxygen atoms in total. The predicted molar refractivity (Wildman–Crippen MR) is 75.9 cm³/mol. The Morgan fingerprint density at radius 1 is 1.42 bits per heavy atom. The fraction of sp³-hybridized carbons (Fsp3) is 0.533. The van der Waals surface area contributed by atoms with Gasteiger partial charge >= 0.3 is 0 Å². The number of Topliss-reactive ketones (excluding diaryl/α,β-unsaturated/α-hetero) is 1. The Bertz CT molecular complexity index is 418. The molecule has 0 aliphatic heterocycles. The summed E-state index contributed by atoms with van der Waals surface area (Å²) >= 11 is 0. The molecule has 0 unspecified atom stereocenters. The summed E-state index contributed by atoms with van der Waals surface area (Å²) in [5, 5.41) is 8.84. The van der Waals surface area contributed by atoms with Crippen LogP contribution in [-0.4, -0.2) is 49.1 Å². The second-order valence-electron chi connectivity index (χ2n) is 4.57. The van der Waals surface area contributed by atoms with Crippen LogP contribution in [0.5, 0.6) is 5.75 Å². The quantitative estimate of drug-likeness (QED) is 0.729. The van der Waals surface area contributed by atoms with Crippen molar-refractivity contribution in [1.29, 1.82) is 0 Å². The zero-order chi connectivity index (χ0) is 14.3. The second kappa shape index (κ2) is 7.92. The highest BCUT2D eigenvalue weighted by Crippen LogP contribution is 2.20. The third-order valence-electron chi connectivity index (χ3n) is 3.10. The molecule has 0 spiro atoms. The maximum Gasteiger partial charge on any atom is 0.180 e. The molecule has 0 heterocycles. The summed E-state index contributed by atoms with van der Waals surface area (Å²) in [4.78, 5) is 14.3. The molecule has 106 valence electrons. The molecule has 0 saturated carbocycles. The van der Waals surface area contributed by atoms with Crippen LogP contribution in [0.2, 0.25) is 0 Å². The number of aliphatic hydroxyl groups excluding tert-OH is 1. The molecule has 19 heavy (non-hydrogen) atoms. The van der Waals surface area contributed by atoms with Crippen molar-refractivity contribution in [2.75, 3.05) is 33.4 Å². The number of benzene rings is 1. The number of nitrogens with zero attached hydrogens (tertiary/aromatic N) is 1. The van der Waals surface area contributed by atoms with Gasteiger partial charge in [0.05, 0.1) is 19.2 Å². The molecule has 1 aromatic carbocycles. The van der Waals surface area contributed by atoms with Gasteiger partial charge < -0.3 is 9.84 Å². The summed E-state index contributed by atoms with van der Waals surface area (Å²) in [5.41, 5.74) is 1.69. The van der Waals surface area contributed by atoms with Gasteiger partial charge in [-0.25, -0.2) is 0 Å². The Labute approximate surface area is 115 Å². The van der Waals surface area contributed by atoms with Crippen molar-refractivity contribution >= 4 is 5.78 Å². The Kier molecular flexibility index (Phi) is 6.53. The summed E-state index contributed by atoms with van der Waals surface area (Å²) in [5.74, 6) is 0.680. The third-order valence-corrected chi connectivity index (χ3v) is 3.10. The van der Waals surface area contributed by atoms with Crippen LogP contribution >= 0.6 is 0 Å². The number of hydrogen-bond donors (Lipinski definition) is 1. The lowest BCUT2D eigenvalue weighted by molar-refractivity contribution is 0.0925. The summed E-state index contributed by atoms with van der Waals surface area (Å²) in [6.45, 7) is 6.01. The molecule has 0 saturated heterocycles. The number of rotatable bonds is 8. The van der Waals surface area contributed by atoms with Gasteiger partial charge in [0.15, 0.2) is 5.78 Å². The first-order valence-corrected chi connectivity index (χ1v) is 6.63. The highest BCUT2D eigenvalue weighted by atomic mass is 16.5. The molecule has 1 rings (SSSR count). The molecule has 0 atom stereocenters. The maximum atomic E-state index is 12.3. The Balaban J connectivity index is 2.76. The zero-order valence-corrected chi connectivity index (χ0v) is 12.0. The molecular weight excluding hydrogens is 242 g/mol. The van der Waals surface area contributed by atoms with Crippen molar-refractivity contribution in [3.05, 3.63) is 29.3 Å². The molecule has 0 radical (unpaired) electrons. The minimum Gasteiger partial charge on any atom is -0.496 e. The van der Waals surface area contributed by atoms with Gasteiger partial charge in [-0.05, 0) is 37.6 Å². The van der Waals surface area contributed by atoms with Crippen LogP contribution in [0.1, 0.15) is 29.3 Å². The molecule has 4 heteroatoms. The van der Waals surface area contributed by atoms with Crippen LogP contribution in [0, 0.1) is 6.92 Å². The van der Waals surface area contributed by atoms with Gasteiger partial charge in [0.1, 0.15) is 5.75 Å². The lowest BCUT2D eigenvalue weighted by Gasteiger charge is -2.19. The summed E-state index contributed by atoms with van der Waals surface area (Å²) in [7, 11) is 1.58. The molecule has 1 N–H and O–H groups in total. The average Bonchev–Trinajstić information content (AvgIpc) is 2.42. The Morgan fingerprint density at radius 2 is 2.16 bits per heavy atom. The van der Waals surface area contributed by atoms with E-state index >= 15 is 0 Å². The fourth-order valence-corrected chi connectivity index (χ4v) is 1.96. The van der Waals surface area contributed by atoms with Gasteiger partial charge in [0, 0.05) is 13.2 Å². The summed E-state index contributed by atoms with van der Waals surface area (Å²) < 4.78 is 5.26. The topological polar surface area (TPSA) is 49.8 Å². The Hall–Kier alpha value is -1.39. The number of aliphatic hydroxyl groups is 1. The molecule has 0 aliphatic rings. The standard InChI is InChI=1S/C15H23NO3/c1-4-16(8-5-9-17)11-14(18)13-7-6-12(2)10-15(13)19-3/h6-7,10,17H,4-5,8-9,11H2,1-3H3. The number of ether oxygens (including phenoxy) is 1. The lowest BCUT2D eigenvalue weighted by Crippen LogP contribution is -2.31. The van der Waals surface area contributed by atoms with E-state index in [1.807, 2.05) is 36.9 Å². The van der Waals surface area contributed by atoms with E-state index in [1.165, 1.54) is 0 Å². The first-order valence-electron chi connectivity index (χ1n) is 6.63. The normalized spacial score (nSPS) is 10.8. The van der Waals surface area contributed by atoms with Crippen molar-refractivity contribution in [3.8, 4) is 5.75 Å².